The van der Waals surface area contributed by atoms with Gasteiger partial charge in [-0.2, -0.15) is 0 Å². The third-order valence-corrected chi connectivity index (χ3v) is 5.51. The summed E-state index contributed by atoms with van der Waals surface area (Å²) < 4.78 is 4.68. The number of para-hydroxylation sites is 1. The normalized spacial score (nSPS) is 16.1. The molecule has 2 amide bonds. The zero-order valence-corrected chi connectivity index (χ0v) is 15.0. The molecule has 1 heterocycles. The first-order valence-electron chi connectivity index (χ1n) is 8.15. The average Bonchev–Trinajstić information content (AvgIpc) is 2.66. The van der Waals surface area contributed by atoms with Crippen molar-refractivity contribution in [3.8, 4) is 0 Å². The van der Waals surface area contributed by atoms with Crippen LogP contribution in [0.25, 0.3) is 0 Å². The zero-order valence-electron chi connectivity index (χ0n) is 14.2. The maximum Gasteiger partial charge on any atom is 0.337 e. The van der Waals surface area contributed by atoms with Crippen LogP contribution in [-0.2, 0) is 4.74 Å². The largest absolute Gasteiger partial charge is 0.465 e. The Labute approximate surface area is 151 Å². The summed E-state index contributed by atoms with van der Waals surface area (Å²) in [6, 6.07) is 14.5. The Morgan fingerprint density at radius 1 is 1.20 bits per heavy atom. The van der Waals surface area contributed by atoms with Gasteiger partial charge in [0.05, 0.1) is 18.4 Å². The smallest absolute Gasteiger partial charge is 0.337 e. The number of nitrogens with one attached hydrogen (secondary N) is 1. The molecule has 1 aliphatic rings. The molecule has 5 nitrogen and oxygen atoms in total. The second kappa shape index (κ2) is 7.61. The van der Waals surface area contributed by atoms with Gasteiger partial charge in [-0.05, 0) is 42.8 Å². The van der Waals surface area contributed by atoms with Crippen molar-refractivity contribution in [2.45, 2.75) is 23.5 Å². The molecular formula is C19H20N2O3S. The Hall–Kier alpha value is -2.47. The topological polar surface area (TPSA) is 58.6 Å². The molecule has 130 valence electrons. The summed E-state index contributed by atoms with van der Waals surface area (Å²) in [7, 11) is 1.34. The summed E-state index contributed by atoms with van der Waals surface area (Å²) in [4.78, 5) is 27.2. The minimum Gasteiger partial charge on any atom is -0.465 e. The van der Waals surface area contributed by atoms with Crippen LogP contribution in [-0.4, -0.2) is 30.9 Å². The number of carbonyl (C=O) groups excluding carboxylic acids is 2. The predicted octanol–water partition coefficient (Wildman–Crippen LogP) is 4.40. The van der Waals surface area contributed by atoms with Gasteiger partial charge < -0.3 is 10.1 Å². The molecule has 0 saturated heterocycles. The van der Waals surface area contributed by atoms with E-state index in [1.807, 2.05) is 36.0 Å². The van der Waals surface area contributed by atoms with E-state index >= 15 is 0 Å². The third-order valence-electron chi connectivity index (χ3n) is 4.09. The minimum atomic E-state index is -0.398. The lowest BCUT2D eigenvalue weighted by Crippen LogP contribution is -2.41. The summed E-state index contributed by atoms with van der Waals surface area (Å²) >= 11 is 1.82. The molecule has 0 saturated carbocycles. The van der Waals surface area contributed by atoms with Crippen LogP contribution < -0.4 is 10.2 Å². The van der Waals surface area contributed by atoms with Crippen LogP contribution in [0.2, 0.25) is 0 Å². The predicted molar refractivity (Wildman–Crippen MR) is 101 cm³/mol. The molecule has 1 N–H and O–H groups in total. The first-order chi connectivity index (χ1) is 12.1. The lowest BCUT2D eigenvalue weighted by molar-refractivity contribution is 0.0601. The standard InChI is InChI=1S/C19H20N2O3S/c1-3-15-12-21(16-6-4-5-7-17(16)25-15)19(23)20-14-10-8-13(9-11-14)18(22)24-2/h4-11,15H,3,12H2,1-2H3,(H,20,23)/t15-/m0/s1. The lowest BCUT2D eigenvalue weighted by atomic mass is 10.2. The SMILES string of the molecule is CC[C@H]1CN(C(=O)Nc2ccc(C(=O)OC)cc2)c2ccccc2S1. The summed E-state index contributed by atoms with van der Waals surface area (Å²) in [5.41, 5.74) is 2.02. The van der Waals surface area contributed by atoms with E-state index in [0.717, 1.165) is 17.0 Å². The van der Waals surface area contributed by atoms with Crippen LogP contribution in [0, 0.1) is 0 Å². The van der Waals surface area contributed by atoms with E-state index in [1.165, 1.54) is 7.11 Å². The number of amides is 2. The quantitative estimate of drug-likeness (QED) is 0.829. The van der Waals surface area contributed by atoms with Gasteiger partial charge in [-0.3, -0.25) is 4.90 Å². The van der Waals surface area contributed by atoms with Crippen molar-refractivity contribution >= 4 is 35.1 Å². The molecule has 0 radical (unpaired) electrons. The number of hydrogen-bond donors (Lipinski definition) is 1. The highest BCUT2D eigenvalue weighted by molar-refractivity contribution is 8.00. The van der Waals surface area contributed by atoms with E-state index in [2.05, 4.69) is 17.0 Å². The molecule has 0 bridgehead atoms. The number of anilines is 2. The summed E-state index contributed by atoms with van der Waals surface area (Å²) in [5, 5.41) is 3.28. The van der Waals surface area contributed by atoms with Crippen molar-refractivity contribution in [3.63, 3.8) is 0 Å². The number of fused-ring (bicyclic) bond motifs is 1. The summed E-state index contributed by atoms with van der Waals surface area (Å²) in [5.74, 6) is -0.398. The Morgan fingerprint density at radius 2 is 1.92 bits per heavy atom. The molecule has 3 rings (SSSR count). The monoisotopic (exact) mass is 356 g/mol. The van der Waals surface area contributed by atoms with Gasteiger partial charge in [0.25, 0.3) is 0 Å². The van der Waals surface area contributed by atoms with Crippen LogP contribution in [0.15, 0.2) is 53.4 Å². The fourth-order valence-electron chi connectivity index (χ4n) is 2.70. The molecule has 0 unspecified atom stereocenters. The van der Waals surface area contributed by atoms with Crippen LogP contribution in [0.3, 0.4) is 0 Å². The molecule has 2 aromatic carbocycles. The van der Waals surface area contributed by atoms with Gasteiger partial charge in [-0.1, -0.05) is 19.1 Å². The van der Waals surface area contributed by atoms with Gasteiger partial charge in [-0.25, -0.2) is 9.59 Å². The van der Waals surface area contributed by atoms with Gasteiger partial charge in [-0.15, -0.1) is 11.8 Å². The Morgan fingerprint density at radius 3 is 2.60 bits per heavy atom. The fourth-order valence-corrected chi connectivity index (χ4v) is 3.91. The van der Waals surface area contributed by atoms with Gasteiger partial charge in [0.2, 0.25) is 0 Å². The van der Waals surface area contributed by atoms with Gasteiger partial charge >= 0.3 is 12.0 Å². The van der Waals surface area contributed by atoms with E-state index < -0.39 is 5.97 Å². The van der Waals surface area contributed by atoms with Crippen molar-refractivity contribution in [2.24, 2.45) is 0 Å². The Kier molecular flexibility index (Phi) is 5.28. The summed E-state index contributed by atoms with van der Waals surface area (Å²) in [6.45, 7) is 2.80. The van der Waals surface area contributed by atoms with Gasteiger partial charge in [0.1, 0.15) is 0 Å². The highest BCUT2D eigenvalue weighted by Gasteiger charge is 2.28. The minimum absolute atomic E-state index is 0.169. The van der Waals surface area contributed by atoms with Crippen molar-refractivity contribution in [1.82, 2.24) is 0 Å². The number of esters is 1. The lowest BCUT2D eigenvalue weighted by Gasteiger charge is -2.33. The number of benzene rings is 2. The molecule has 0 aromatic heterocycles. The van der Waals surface area contributed by atoms with Gasteiger partial charge in [0.15, 0.2) is 0 Å². The Bertz CT molecular complexity index is 776. The van der Waals surface area contributed by atoms with Crippen LogP contribution >= 0.6 is 11.8 Å². The molecule has 6 heteroatoms. The Balaban J connectivity index is 1.77. The van der Waals surface area contributed by atoms with E-state index in [9.17, 15) is 9.59 Å². The highest BCUT2D eigenvalue weighted by atomic mass is 32.2. The molecule has 0 spiro atoms. The number of methoxy groups -OCH3 is 1. The van der Waals surface area contributed by atoms with E-state index in [-0.39, 0.29) is 6.03 Å². The van der Waals surface area contributed by atoms with E-state index in [4.69, 9.17) is 0 Å². The van der Waals surface area contributed by atoms with Crippen LogP contribution in [0.1, 0.15) is 23.7 Å². The van der Waals surface area contributed by atoms with Crippen molar-refractivity contribution in [3.05, 3.63) is 54.1 Å². The second-order valence-corrected chi connectivity index (χ2v) is 7.07. The van der Waals surface area contributed by atoms with E-state index in [0.29, 0.717) is 23.0 Å². The third kappa shape index (κ3) is 3.79. The maximum atomic E-state index is 12.8. The molecule has 1 atom stereocenters. The maximum absolute atomic E-state index is 12.8. The number of hydrogen-bond acceptors (Lipinski definition) is 4. The van der Waals surface area contributed by atoms with Crippen molar-refractivity contribution in [1.29, 1.82) is 0 Å². The van der Waals surface area contributed by atoms with E-state index in [1.54, 1.807) is 29.2 Å². The molecule has 0 fully saturated rings. The first-order valence-corrected chi connectivity index (χ1v) is 9.03. The molecule has 1 aliphatic heterocycles. The number of nitrogens with zero attached hydrogens (tertiary/aromatic N) is 1. The zero-order chi connectivity index (χ0) is 17.8. The number of urea groups is 1. The number of ether oxygens (including phenoxy) is 1. The first kappa shape index (κ1) is 17.4. The number of thioether (sulfide) groups is 1. The second-order valence-electron chi connectivity index (χ2n) is 5.73. The van der Waals surface area contributed by atoms with Crippen LogP contribution in [0.4, 0.5) is 16.2 Å². The highest BCUT2D eigenvalue weighted by Crippen LogP contribution is 2.39. The van der Waals surface area contributed by atoms with Gasteiger partial charge in [0, 0.05) is 22.4 Å². The van der Waals surface area contributed by atoms with Crippen molar-refractivity contribution < 1.29 is 14.3 Å². The fraction of sp³-hybridized carbons (Fsp3) is 0.263. The number of rotatable bonds is 3. The molecule has 0 aliphatic carbocycles. The average molecular weight is 356 g/mol. The number of carbonyl (C=O) groups is 2. The molecule has 2 aromatic rings. The van der Waals surface area contributed by atoms with Crippen LogP contribution in [0.5, 0.6) is 0 Å². The molecular weight excluding hydrogens is 336 g/mol. The van der Waals surface area contributed by atoms with Crippen molar-refractivity contribution in [2.75, 3.05) is 23.9 Å². The molecule has 25 heavy (non-hydrogen) atoms. The summed E-state index contributed by atoms with van der Waals surface area (Å²) in [6.07, 6.45) is 0.997.